The monoisotopic (exact) mass is 547 g/mol. The van der Waals surface area contributed by atoms with Crippen LogP contribution in [0.4, 0.5) is 0 Å². The Bertz CT molecular complexity index is 811. The van der Waals surface area contributed by atoms with Crippen molar-refractivity contribution >= 4 is 5.91 Å². The molecule has 4 aliphatic rings. The molecule has 14 heteroatoms. The predicted octanol–water partition coefficient (Wildman–Crippen LogP) is -4.66. The molecule has 0 radical (unpaired) electrons. The van der Waals surface area contributed by atoms with Crippen LogP contribution in [-0.2, 0) is 19.0 Å². The molecule has 14 nitrogen and oxygen atoms in total. The van der Waals surface area contributed by atoms with Gasteiger partial charge in [0.1, 0.15) is 18.3 Å². The van der Waals surface area contributed by atoms with Crippen molar-refractivity contribution in [2.24, 2.45) is 23.1 Å². The van der Waals surface area contributed by atoms with E-state index in [1.165, 1.54) is 0 Å². The number of nitrogens with two attached hydrogens (primary N) is 3. The van der Waals surface area contributed by atoms with Gasteiger partial charge in [0, 0.05) is 43.4 Å². The minimum Gasteiger partial charge on any atom is -0.394 e. The summed E-state index contributed by atoms with van der Waals surface area (Å²) in [6, 6.07) is -2.60. The van der Waals surface area contributed by atoms with Gasteiger partial charge in [0.2, 0.25) is 0 Å². The molecule has 4 fully saturated rings. The average Bonchev–Trinajstić information content (AvgIpc) is 3.50. The molecule has 2 heterocycles. The van der Waals surface area contributed by atoms with Gasteiger partial charge in [-0.2, -0.15) is 0 Å². The van der Waals surface area contributed by atoms with Gasteiger partial charge in [-0.25, -0.2) is 0 Å². The number of rotatable bonds is 9. The Morgan fingerprint density at radius 1 is 1.08 bits per heavy atom. The van der Waals surface area contributed by atoms with Crippen molar-refractivity contribution < 1.29 is 44.5 Å². The first kappa shape index (κ1) is 30.0. The van der Waals surface area contributed by atoms with E-state index in [0.717, 1.165) is 13.0 Å². The first-order valence-electron chi connectivity index (χ1n) is 13.6. The standard InChI is InChI=1S/C24H45N5O9/c1-2-28-8-10-3-4-11(25)20(36-10)18-12(26)5-13(29-23(34)24(35)7-17(24)27)21(19(18)33)38-22-15(32)6-14(31)16(9-30)37-22/h10-22,28,30-33,35H,2-9,25-27H2,1H3,(H,29,34)/t10-,11+,12-,13+,14-,15+,16+,17?,18?,19-,20-,21-,22+,24?/m0/s1. The maximum Gasteiger partial charge on any atom is 0.253 e. The largest absolute Gasteiger partial charge is 0.394 e. The Kier molecular flexibility index (Phi) is 9.65. The predicted molar refractivity (Wildman–Crippen MR) is 133 cm³/mol. The third-order valence-corrected chi connectivity index (χ3v) is 8.44. The van der Waals surface area contributed by atoms with Crippen molar-refractivity contribution in [3.8, 4) is 0 Å². The zero-order chi connectivity index (χ0) is 27.8. The van der Waals surface area contributed by atoms with Crippen LogP contribution in [0.2, 0.25) is 0 Å². The summed E-state index contributed by atoms with van der Waals surface area (Å²) in [6.45, 7) is 2.90. The van der Waals surface area contributed by atoms with Crippen LogP contribution in [0.1, 0.15) is 39.0 Å². The number of likely N-dealkylation sites (N-methyl/N-ethyl adjacent to an activating group) is 1. The van der Waals surface area contributed by atoms with Gasteiger partial charge >= 0.3 is 0 Å². The quantitative estimate of drug-likeness (QED) is 0.131. The summed E-state index contributed by atoms with van der Waals surface area (Å²) in [4.78, 5) is 12.8. The molecule has 0 aromatic heterocycles. The van der Waals surface area contributed by atoms with E-state index in [4.69, 9.17) is 31.4 Å². The summed E-state index contributed by atoms with van der Waals surface area (Å²) >= 11 is 0. The maximum atomic E-state index is 12.8. The fourth-order valence-electron chi connectivity index (χ4n) is 5.95. The molecule has 0 aromatic rings. The van der Waals surface area contributed by atoms with Gasteiger partial charge < -0.3 is 67.6 Å². The van der Waals surface area contributed by atoms with Crippen molar-refractivity contribution in [1.29, 1.82) is 0 Å². The van der Waals surface area contributed by atoms with Gasteiger partial charge in [-0.1, -0.05) is 6.92 Å². The zero-order valence-corrected chi connectivity index (χ0v) is 21.8. The summed E-state index contributed by atoms with van der Waals surface area (Å²) in [5, 5.41) is 58.2. The highest BCUT2D eigenvalue weighted by molar-refractivity contribution is 5.89. The second-order valence-corrected chi connectivity index (χ2v) is 11.3. The molecule has 14 atom stereocenters. The van der Waals surface area contributed by atoms with Gasteiger partial charge in [-0.15, -0.1) is 0 Å². The molecule has 220 valence electrons. The molecular weight excluding hydrogens is 502 g/mol. The minimum absolute atomic E-state index is 0.104. The summed E-state index contributed by atoms with van der Waals surface area (Å²) in [5.41, 5.74) is 17.0. The van der Waals surface area contributed by atoms with Crippen LogP contribution in [0, 0.1) is 5.92 Å². The van der Waals surface area contributed by atoms with Gasteiger partial charge in [-0.3, -0.25) is 4.79 Å². The Morgan fingerprint density at radius 3 is 2.42 bits per heavy atom. The molecule has 2 aliphatic heterocycles. The van der Waals surface area contributed by atoms with Crippen LogP contribution in [0.5, 0.6) is 0 Å². The fourth-order valence-corrected chi connectivity index (χ4v) is 5.95. The van der Waals surface area contributed by atoms with Crippen LogP contribution >= 0.6 is 0 Å². The summed E-state index contributed by atoms with van der Waals surface area (Å²) in [7, 11) is 0. The number of aliphatic hydroxyl groups excluding tert-OH is 4. The maximum absolute atomic E-state index is 12.8. The van der Waals surface area contributed by atoms with Crippen molar-refractivity contribution in [3.63, 3.8) is 0 Å². The molecule has 0 bridgehead atoms. The number of aliphatic hydroxyl groups is 5. The van der Waals surface area contributed by atoms with Gasteiger partial charge in [0.15, 0.2) is 11.9 Å². The first-order valence-corrected chi connectivity index (χ1v) is 13.6. The molecule has 1 amide bonds. The topological polar surface area (TPSA) is 248 Å². The van der Waals surface area contributed by atoms with E-state index in [-0.39, 0.29) is 31.4 Å². The van der Waals surface area contributed by atoms with Gasteiger partial charge in [0.25, 0.3) is 5.91 Å². The van der Waals surface area contributed by atoms with E-state index in [1.54, 1.807) is 0 Å². The fraction of sp³-hybridized carbons (Fsp3) is 0.958. The SMILES string of the molecule is CCNC[C@@H]1CC[C@@H](N)[C@@H](C2[C@@H](N)C[C@@H](NC(=O)C3(O)CC3N)[C@H](O[C@H]3O[C@H](CO)[C@@H](O)C[C@H]3O)[C@H]2O)O1. The highest BCUT2D eigenvalue weighted by atomic mass is 16.7. The Morgan fingerprint density at radius 2 is 1.79 bits per heavy atom. The number of carbonyl (C=O) groups is 1. The van der Waals surface area contributed by atoms with Crippen molar-refractivity contribution in [3.05, 3.63) is 0 Å². The van der Waals surface area contributed by atoms with E-state index < -0.39 is 85.1 Å². The van der Waals surface area contributed by atoms with Crippen molar-refractivity contribution in [2.75, 3.05) is 19.7 Å². The number of hydrogen-bond donors (Lipinski definition) is 10. The molecule has 4 rings (SSSR count). The minimum atomic E-state index is -1.71. The second-order valence-electron chi connectivity index (χ2n) is 11.3. The molecule has 13 N–H and O–H groups in total. The molecular formula is C24H45N5O9. The molecule has 2 saturated heterocycles. The van der Waals surface area contributed by atoms with Crippen molar-refractivity contribution in [1.82, 2.24) is 10.6 Å². The number of ether oxygens (including phenoxy) is 3. The summed E-state index contributed by atoms with van der Waals surface area (Å²) in [6.07, 6.45) is -6.23. The zero-order valence-electron chi connectivity index (χ0n) is 21.8. The Labute approximate surface area is 222 Å². The number of nitrogens with one attached hydrogen (secondary N) is 2. The van der Waals surface area contributed by atoms with Gasteiger partial charge in [0.05, 0.1) is 37.1 Å². The first-order chi connectivity index (χ1) is 18.0. The van der Waals surface area contributed by atoms with Crippen molar-refractivity contribution in [2.45, 2.75) is 118 Å². The lowest BCUT2D eigenvalue weighted by atomic mass is 9.72. The number of amides is 1. The van der Waals surface area contributed by atoms with E-state index >= 15 is 0 Å². The van der Waals surface area contributed by atoms with E-state index in [1.807, 2.05) is 6.92 Å². The third-order valence-electron chi connectivity index (χ3n) is 8.44. The van der Waals surface area contributed by atoms with Crippen LogP contribution in [-0.4, -0.2) is 130 Å². The Balaban J connectivity index is 1.55. The number of carbonyl (C=O) groups excluding carboxylic acids is 1. The normalized spacial score (nSPS) is 49.4. The highest BCUT2D eigenvalue weighted by Crippen LogP contribution is 2.38. The van der Waals surface area contributed by atoms with Crippen LogP contribution in [0.25, 0.3) is 0 Å². The summed E-state index contributed by atoms with van der Waals surface area (Å²) < 4.78 is 18.0. The van der Waals surface area contributed by atoms with E-state index in [0.29, 0.717) is 13.0 Å². The molecule has 0 aromatic carbocycles. The van der Waals surface area contributed by atoms with Crippen LogP contribution in [0.3, 0.4) is 0 Å². The Hall–Kier alpha value is -1.01. The molecule has 0 spiro atoms. The average molecular weight is 548 g/mol. The smallest absolute Gasteiger partial charge is 0.253 e. The molecule has 2 saturated carbocycles. The summed E-state index contributed by atoms with van der Waals surface area (Å²) in [5.74, 6) is -1.37. The van der Waals surface area contributed by atoms with E-state index in [2.05, 4.69) is 10.6 Å². The molecule has 38 heavy (non-hydrogen) atoms. The number of hydrogen-bond acceptors (Lipinski definition) is 13. The second kappa shape index (κ2) is 12.2. The lowest BCUT2D eigenvalue weighted by molar-refractivity contribution is -0.302. The lowest BCUT2D eigenvalue weighted by Crippen LogP contribution is -2.68. The lowest BCUT2D eigenvalue weighted by Gasteiger charge is -2.50. The third kappa shape index (κ3) is 6.16. The van der Waals surface area contributed by atoms with Crippen LogP contribution < -0.4 is 27.8 Å². The molecule has 2 aliphatic carbocycles. The van der Waals surface area contributed by atoms with Gasteiger partial charge in [-0.05, 0) is 25.8 Å². The van der Waals surface area contributed by atoms with E-state index in [9.17, 15) is 30.3 Å². The molecule has 3 unspecified atom stereocenters. The highest BCUT2D eigenvalue weighted by Gasteiger charge is 2.59. The van der Waals surface area contributed by atoms with Crippen LogP contribution in [0.15, 0.2) is 0 Å².